The molecule has 1 aliphatic heterocycles. The number of carbonyl (C=O) groups excluding carboxylic acids is 1. The number of carbonyl (C=O) groups is 1. The van der Waals surface area contributed by atoms with Gasteiger partial charge in [0.05, 0.1) is 6.61 Å². The molecule has 5 nitrogen and oxygen atoms in total. The van der Waals surface area contributed by atoms with Gasteiger partial charge in [-0.2, -0.15) is 0 Å². The fourth-order valence-electron chi connectivity index (χ4n) is 4.39. The van der Waals surface area contributed by atoms with Crippen LogP contribution >= 0.6 is 0 Å². The first kappa shape index (κ1) is 18.8. The number of amides is 1. The number of ether oxygens (including phenoxy) is 3. The molecule has 0 spiro atoms. The summed E-state index contributed by atoms with van der Waals surface area (Å²) in [6.45, 7) is 1.32. The first-order valence-corrected chi connectivity index (χ1v) is 9.97. The van der Waals surface area contributed by atoms with Gasteiger partial charge in [0.1, 0.15) is 0 Å². The van der Waals surface area contributed by atoms with E-state index in [2.05, 4.69) is 17.4 Å². The molecule has 0 bridgehead atoms. The minimum atomic E-state index is -0.0644. The van der Waals surface area contributed by atoms with Gasteiger partial charge in [0.2, 0.25) is 6.79 Å². The minimum Gasteiger partial charge on any atom is -0.454 e. The van der Waals surface area contributed by atoms with Crippen LogP contribution in [-0.2, 0) is 16.8 Å². The molecule has 5 heteroatoms. The fourth-order valence-corrected chi connectivity index (χ4v) is 4.39. The number of hydrogen-bond donors (Lipinski definition) is 1. The van der Waals surface area contributed by atoms with Gasteiger partial charge in [-0.3, -0.25) is 4.79 Å². The molecule has 1 heterocycles. The largest absolute Gasteiger partial charge is 0.454 e. The van der Waals surface area contributed by atoms with E-state index in [1.807, 2.05) is 30.3 Å². The molecule has 0 saturated heterocycles. The van der Waals surface area contributed by atoms with E-state index < -0.39 is 0 Å². The molecule has 2 aromatic rings. The summed E-state index contributed by atoms with van der Waals surface area (Å²) < 4.78 is 16.3. The third kappa shape index (κ3) is 3.72. The predicted molar refractivity (Wildman–Crippen MR) is 107 cm³/mol. The van der Waals surface area contributed by atoms with Crippen LogP contribution in [0.2, 0.25) is 0 Å². The zero-order valence-corrected chi connectivity index (χ0v) is 16.3. The molecule has 1 amide bonds. The number of benzene rings is 2. The molecule has 1 N–H and O–H groups in total. The lowest BCUT2D eigenvalue weighted by atomic mass is 9.69. The quantitative estimate of drug-likeness (QED) is 0.815. The normalized spacial score (nSPS) is 17.3. The molecular weight excluding hydrogens is 354 g/mol. The number of methoxy groups -OCH3 is 1. The second-order valence-corrected chi connectivity index (χ2v) is 7.68. The van der Waals surface area contributed by atoms with Crippen LogP contribution < -0.4 is 14.8 Å². The molecule has 2 aromatic carbocycles. The Morgan fingerprint density at radius 2 is 1.86 bits per heavy atom. The SMILES string of the molecule is COCc1ccccc1C(=O)NCC1(c2ccc3c(c2)OCO3)CCCCC1. The highest BCUT2D eigenvalue weighted by atomic mass is 16.7. The van der Waals surface area contributed by atoms with Crippen LogP contribution in [0.5, 0.6) is 11.5 Å². The number of hydrogen-bond acceptors (Lipinski definition) is 4. The summed E-state index contributed by atoms with van der Waals surface area (Å²) in [5.74, 6) is 1.56. The summed E-state index contributed by atoms with van der Waals surface area (Å²) >= 11 is 0. The molecular formula is C23H27NO4. The summed E-state index contributed by atoms with van der Waals surface area (Å²) in [4.78, 5) is 12.9. The van der Waals surface area contributed by atoms with Crippen LogP contribution in [0.25, 0.3) is 0 Å². The lowest BCUT2D eigenvalue weighted by Gasteiger charge is -2.38. The van der Waals surface area contributed by atoms with Crippen molar-refractivity contribution in [3.8, 4) is 11.5 Å². The maximum atomic E-state index is 12.9. The Morgan fingerprint density at radius 1 is 1.07 bits per heavy atom. The lowest BCUT2D eigenvalue weighted by Crippen LogP contribution is -2.42. The maximum absolute atomic E-state index is 12.9. The van der Waals surface area contributed by atoms with Crippen molar-refractivity contribution in [2.24, 2.45) is 0 Å². The highest BCUT2D eigenvalue weighted by Gasteiger charge is 2.35. The standard InChI is InChI=1S/C23H27NO4/c1-26-14-17-7-3-4-8-19(17)22(25)24-15-23(11-5-2-6-12-23)18-9-10-20-21(13-18)28-16-27-20/h3-4,7-10,13H,2,5-6,11-12,14-16H2,1H3,(H,24,25). The molecule has 0 atom stereocenters. The second-order valence-electron chi connectivity index (χ2n) is 7.68. The second kappa shape index (κ2) is 8.23. The number of nitrogens with one attached hydrogen (secondary N) is 1. The van der Waals surface area contributed by atoms with E-state index in [0.717, 1.165) is 29.9 Å². The summed E-state index contributed by atoms with van der Waals surface area (Å²) in [7, 11) is 1.64. The van der Waals surface area contributed by atoms with Crippen LogP contribution in [0.15, 0.2) is 42.5 Å². The minimum absolute atomic E-state index is 0.0432. The molecule has 2 aliphatic rings. The number of fused-ring (bicyclic) bond motifs is 1. The molecule has 148 valence electrons. The topological polar surface area (TPSA) is 56.8 Å². The van der Waals surface area contributed by atoms with Crippen LogP contribution in [0.1, 0.15) is 53.6 Å². The van der Waals surface area contributed by atoms with Crippen molar-refractivity contribution in [1.29, 1.82) is 0 Å². The molecule has 1 saturated carbocycles. The Bertz CT molecular complexity index is 842. The summed E-state index contributed by atoms with van der Waals surface area (Å²) in [6, 6.07) is 13.8. The molecule has 0 radical (unpaired) electrons. The third-order valence-corrected chi connectivity index (χ3v) is 5.94. The van der Waals surface area contributed by atoms with Gasteiger partial charge >= 0.3 is 0 Å². The highest BCUT2D eigenvalue weighted by Crippen LogP contribution is 2.43. The maximum Gasteiger partial charge on any atom is 0.251 e. The van der Waals surface area contributed by atoms with E-state index in [9.17, 15) is 4.79 Å². The zero-order chi connectivity index (χ0) is 19.4. The van der Waals surface area contributed by atoms with Crippen molar-refractivity contribution in [2.75, 3.05) is 20.4 Å². The molecule has 1 aliphatic carbocycles. The van der Waals surface area contributed by atoms with E-state index >= 15 is 0 Å². The van der Waals surface area contributed by atoms with Crippen LogP contribution in [0.3, 0.4) is 0 Å². The van der Waals surface area contributed by atoms with E-state index in [0.29, 0.717) is 18.7 Å². The Labute approximate surface area is 166 Å². The molecule has 0 unspecified atom stereocenters. The summed E-state index contributed by atoms with van der Waals surface area (Å²) in [5, 5.41) is 3.21. The van der Waals surface area contributed by atoms with Gasteiger partial charge in [-0.25, -0.2) is 0 Å². The van der Waals surface area contributed by atoms with Crippen molar-refractivity contribution < 1.29 is 19.0 Å². The van der Waals surface area contributed by atoms with Crippen LogP contribution in [0.4, 0.5) is 0 Å². The number of rotatable bonds is 6. The van der Waals surface area contributed by atoms with E-state index in [1.165, 1.54) is 24.8 Å². The van der Waals surface area contributed by atoms with Gasteiger partial charge in [-0.05, 0) is 42.2 Å². The van der Waals surface area contributed by atoms with Gasteiger partial charge in [0.25, 0.3) is 5.91 Å². The average molecular weight is 381 g/mol. The van der Waals surface area contributed by atoms with Gasteiger partial charge in [-0.1, -0.05) is 43.5 Å². The smallest absolute Gasteiger partial charge is 0.251 e. The highest BCUT2D eigenvalue weighted by molar-refractivity contribution is 5.95. The Balaban J connectivity index is 1.55. The Kier molecular flexibility index (Phi) is 5.53. The van der Waals surface area contributed by atoms with Gasteiger partial charge in [-0.15, -0.1) is 0 Å². The Morgan fingerprint density at radius 3 is 2.68 bits per heavy atom. The van der Waals surface area contributed by atoms with Gasteiger partial charge < -0.3 is 19.5 Å². The van der Waals surface area contributed by atoms with E-state index in [-0.39, 0.29) is 18.1 Å². The van der Waals surface area contributed by atoms with Crippen molar-refractivity contribution in [3.63, 3.8) is 0 Å². The zero-order valence-electron chi connectivity index (χ0n) is 16.3. The van der Waals surface area contributed by atoms with Gasteiger partial charge in [0, 0.05) is 24.6 Å². The fraction of sp³-hybridized carbons (Fsp3) is 0.435. The van der Waals surface area contributed by atoms with Crippen molar-refractivity contribution in [3.05, 3.63) is 59.2 Å². The van der Waals surface area contributed by atoms with Crippen molar-refractivity contribution in [1.82, 2.24) is 5.32 Å². The Hall–Kier alpha value is -2.53. The molecule has 28 heavy (non-hydrogen) atoms. The molecule has 0 aromatic heterocycles. The first-order chi connectivity index (χ1) is 13.7. The first-order valence-electron chi connectivity index (χ1n) is 9.97. The van der Waals surface area contributed by atoms with Crippen LogP contribution in [-0.4, -0.2) is 26.4 Å². The monoisotopic (exact) mass is 381 g/mol. The van der Waals surface area contributed by atoms with E-state index in [4.69, 9.17) is 14.2 Å². The molecule has 4 rings (SSSR count). The van der Waals surface area contributed by atoms with E-state index in [1.54, 1.807) is 7.11 Å². The summed E-state index contributed by atoms with van der Waals surface area (Å²) in [6.07, 6.45) is 5.71. The summed E-state index contributed by atoms with van der Waals surface area (Å²) in [5.41, 5.74) is 2.75. The van der Waals surface area contributed by atoms with Gasteiger partial charge in [0.15, 0.2) is 11.5 Å². The predicted octanol–water partition coefficient (Wildman–Crippen LogP) is 4.19. The molecule has 1 fully saturated rings. The van der Waals surface area contributed by atoms with Crippen molar-refractivity contribution in [2.45, 2.75) is 44.1 Å². The average Bonchev–Trinajstić information content (AvgIpc) is 3.21. The van der Waals surface area contributed by atoms with Crippen LogP contribution in [0, 0.1) is 0 Å². The third-order valence-electron chi connectivity index (χ3n) is 5.94. The van der Waals surface area contributed by atoms with Crippen molar-refractivity contribution >= 4 is 5.91 Å². The lowest BCUT2D eigenvalue weighted by molar-refractivity contribution is 0.0931.